The summed E-state index contributed by atoms with van der Waals surface area (Å²) in [7, 11) is 2.20. The van der Waals surface area contributed by atoms with E-state index in [-0.39, 0.29) is 0 Å². The molecule has 1 unspecified atom stereocenters. The minimum Gasteiger partial charge on any atom is -0.327 e. The van der Waals surface area contributed by atoms with Crippen LogP contribution in [0.1, 0.15) is 33.6 Å². The van der Waals surface area contributed by atoms with Crippen molar-refractivity contribution in [2.24, 2.45) is 11.7 Å². The van der Waals surface area contributed by atoms with E-state index in [1.54, 1.807) is 0 Å². The molecule has 0 aromatic rings. The predicted molar refractivity (Wildman–Crippen MR) is 72.5 cm³/mol. The Morgan fingerprint density at radius 1 is 1.27 bits per heavy atom. The summed E-state index contributed by atoms with van der Waals surface area (Å²) in [6, 6.07) is 0.359. The Morgan fingerprint density at radius 2 is 1.93 bits per heavy atom. The second-order valence-corrected chi connectivity index (χ2v) is 5.94. The molecule has 0 aromatic carbocycles. The maximum absolute atomic E-state index is 6.01. The molecule has 0 radical (unpaired) electrons. The van der Waals surface area contributed by atoms with Gasteiger partial charge in [0.1, 0.15) is 0 Å². The Bertz CT molecular complexity index is 140. The molecular formula is C12H28N2S. The lowest BCUT2D eigenvalue weighted by atomic mass is 10.0. The fourth-order valence-electron chi connectivity index (χ4n) is 1.40. The zero-order valence-corrected chi connectivity index (χ0v) is 11.6. The minimum atomic E-state index is 0.359. The number of nitrogens with zero attached hydrogens (tertiary/aromatic N) is 1. The van der Waals surface area contributed by atoms with E-state index in [9.17, 15) is 0 Å². The van der Waals surface area contributed by atoms with Gasteiger partial charge in [-0.15, -0.1) is 0 Å². The first-order valence-corrected chi connectivity index (χ1v) is 7.25. The van der Waals surface area contributed by atoms with Crippen molar-refractivity contribution in [1.82, 2.24) is 4.90 Å². The Hall–Kier alpha value is 0.270. The van der Waals surface area contributed by atoms with Gasteiger partial charge in [-0.1, -0.05) is 20.8 Å². The van der Waals surface area contributed by atoms with E-state index in [1.165, 1.54) is 24.5 Å². The molecule has 0 rings (SSSR count). The third kappa shape index (κ3) is 9.21. The molecule has 3 heteroatoms. The Labute approximate surface area is 100.0 Å². The van der Waals surface area contributed by atoms with Gasteiger partial charge in [-0.2, -0.15) is 11.8 Å². The summed E-state index contributed by atoms with van der Waals surface area (Å²) in [5.41, 5.74) is 6.01. The minimum absolute atomic E-state index is 0.359. The summed E-state index contributed by atoms with van der Waals surface area (Å²) < 4.78 is 0. The number of thioether (sulfide) groups is 1. The van der Waals surface area contributed by atoms with Crippen LogP contribution in [-0.2, 0) is 0 Å². The molecule has 0 heterocycles. The fraction of sp³-hybridized carbons (Fsp3) is 1.00. The number of hydrogen-bond donors (Lipinski definition) is 1. The van der Waals surface area contributed by atoms with Crippen LogP contribution >= 0.6 is 11.8 Å². The normalized spacial score (nSPS) is 13.8. The molecule has 2 N–H and O–H groups in total. The van der Waals surface area contributed by atoms with Gasteiger partial charge in [0.05, 0.1) is 0 Å². The molecule has 0 amide bonds. The molecule has 1 atom stereocenters. The van der Waals surface area contributed by atoms with Crippen molar-refractivity contribution in [1.29, 1.82) is 0 Å². The van der Waals surface area contributed by atoms with Crippen LogP contribution in [0.2, 0.25) is 0 Å². The summed E-state index contributed by atoms with van der Waals surface area (Å²) >= 11 is 2.03. The summed E-state index contributed by atoms with van der Waals surface area (Å²) in [6.07, 6.45) is 2.42. The van der Waals surface area contributed by atoms with Crippen molar-refractivity contribution >= 4 is 11.8 Å². The van der Waals surface area contributed by atoms with Crippen LogP contribution in [0.4, 0.5) is 0 Å². The van der Waals surface area contributed by atoms with Gasteiger partial charge in [-0.25, -0.2) is 0 Å². The van der Waals surface area contributed by atoms with Crippen molar-refractivity contribution in [3.05, 3.63) is 0 Å². The first kappa shape index (κ1) is 15.3. The standard InChI is InChI=1S/C12H28N2S/c1-5-15-10-6-8-14(4)9-7-12(13)11(2)3/h11-12H,5-10,13H2,1-4H3. The maximum atomic E-state index is 6.01. The molecule has 0 aliphatic heterocycles. The lowest BCUT2D eigenvalue weighted by Gasteiger charge is -2.21. The highest BCUT2D eigenvalue weighted by molar-refractivity contribution is 7.99. The van der Waals surface area contributed by atoms with E-state index in [2.05, 4.69) is 32.7 Å². The summed E-state index contributed by atoms with van der Waals surface area (Å²) in [4.78, 5) is 2.40. The van der Waals surface area contributed by atoms with E-state index in [0.717, 1.165) is 13.0 Å². The molecule has 0 spiro atoms. The lowest BCUT2D eigenvalue weighted by Crippen LogP contribution is -2.32. The molecule has 0 bridgehead atoms. The fourth-order valence-corrected chi connectivity index (χ4v) is 2.02. The summed E-state index contributed by atoms with van der Waals surface area (Å²) in [5, 5.41) is 0. The first-order valence-electron chi connectivity index (χ1n) is 6.09. The van der Waals surface area contributed by atoms with Crippen LogP contribution < -0.4 is 5.73 Å². The molecule has 0 saturated carbocycles. The Morgan fingerprint density at radius 3 is 2.47 bits per heavy atom. The quantitative estimate of drug-likeness (QED) is 0.619. The first-order chi connectivity index (χ1) is 7.07. The zero-order valence-electron chi connectivity index (χ0n) is 10.8. The highest BCUT2D eigenvalue weighted by Crippen LogP contribution is 2.05. The van der Waals surface area contributed by atoms with Crippen molar-refractivity contribution in [2.75, 3.05) is 31.6 Å². The monoisotopic (exact) mass is 232 g/mol. The van der Waals surface area contributed by atoms with E-state index in [0.29, 0.717) is 12.0 Å². The number of rotatable bonds is 9. The third-order valence-corrected chi connectivity index (χ3v) is 3.72. The van der Waals surface area contributed by atoms with E-state index in [4.69, 9.17) is 5.73 Å². The van der Waals surface area contributed by atoms with Crippen LogP contribution in [0.5, 0.6) is 0 Å². The van der Waals surface area contributed by atoms with Gasteiger partial charge >= 0.3 is 0 Å². The molecule has 0 aliphatic rings. The van der Waals surface area contributed by atoms with Crippen LogP contribution in [0, 0.1) is 5.92 Å². The van der Waals surface area contributed by atoms with Crippen molar-refractivity contribution < 1.29 is 0 Å². The highest BCUT2D eigenvalue weighted by Gasteiger charge is 2.08. The van der Waals surface area contributed by atoms with Gasteiger partial charge in [-0.3, -0.25) is 0 Å². The van der Waals surface area contributed by atoms with Crippen LogP contribution in [0.25, 0.3) is 0 Å². The van der Waals surface area contributed by atoms with E-state index >= 15 is 0 Å². The molecule has 92 valence electrons. The lowest BCUT2D eigenvalue weighted by molar-refractivity contribution is 0.304. The number of hydrogen-bond acceptors (Lipinski definition) is 3. The average molecular weight is 232 g/mol. The average Bonchev–Trinajstić information content (AvgIpc) is 2.20. The Kier molecular flexibility index (Phi) is 9.66. The van der Waals surface area contributed by atoms with Crippen LogP contribution in [0.3, 0.4) is 0 Å². The second-order valence-electron chi connectivity index (χ2n) is 4.55. The molecule has 15 heavy (non-hydrogen) atoms. The van der Waals surface area contributed by atoms with Gasteiger partial charge < -0.3 is 10.6 Å². The van der Waals surface area contributed by atoms with Crippen LogP contribution in [-0.4, -0.2) is 42.6 Å². The highest BCUT2D eigenvalue weighted by atomic mass is 32.2. The van der Waals surface area contributed by atoms with E-state index < -0.39 is 0 Å². The van der Waals surface area contributed by atoms with Gasteiger partial charge in [0.2, 0.25) is 0 Å². The van der Waals surface area contributed by atoms with Gasteiger partial charge in [0.25, 0.3) is 0 Å². The number of nitrogens with two attached hydrogens (primary N) is 1. The molecular weight excluding hydrogens is 204 g/mol. The molecule has 0 fully saturated rings. The largest absolute Gasteiger partial charge is 0.327 e. The maximum Gasteiger partial charge on any atom is 0.00740 e. The molecule has 0 aliphatic carbocycles. The van der Waals surface area contributed by atoms with Crippen molar-refractivity contribution in [2.45, 2.75) is 39.7 Å². The second kappa shape index (κ2) is 9.49. The van der Waals surface area contributed by atoms with Gasteiger partial charge in [0, 0.05) is 6.04 Å². The zero-order chi connectivity index (χ0) is 11.7. The summed E-state index contributed by atoms with van der Waals surface area (Å²) in [5.74, 6) is 3.13. The van der Waals surface area contributed by atoms with Gasteiger partial charge in [-0.05, 0) is 50.4 Å². The van der Waals surface area contributed by atoms with Crippen LogP contribution in [0.15, 0.2) is 0 Å². The predicted octanol–water partition coefficient (Wildman–Crippen LogP) is 2.43. The van der Waals surface area contributed by atoms with Crippen molar-refractivity contribution in [3.8, 4) is 0 Å². The Balaban J connectivity index is 3.36. The topological polar surface area (TPSA) is 29.3 Å². The van der Waals surface area contributed by atoms with E-state index in [1.807, 2.05) is 11.8 Å². The smallest absolute Gasteiger partial charge is 0.00740 e. The third-order valence-electron chi connectivity index (χ3n) is 2.73. The van der Waals surface area contributed by atoms with Crippen molar-refractivity contribution in [3.63, 3.8) is 0 Å². The molecule has 0 saturated heterocycles. The molecule has 0 aromatic heterocycles. The van der Waals surface area contributed by atoms with Gasteiger partial charge in [0.15, 0.2) is 0 Å². The summed E-state index contributed by atoms with van der Waals surface area (Å²) in [6.45, 7) is 8.95. The molecule has 2 nitrogen and oxygen atoms in total. The SMILES string of the molecule is CCSCCCN(C)CCC(N)C(C)C.